The molecule has 0 aliphatic carbocycles. The van der Waals surface area contributed by atoms with E-state index in [4.69, 9.17) is 16.3 Å². The summed E-state index contributed by atoms with van der Waals surface area (Å²) < 4.78 is 7.76. The van der Waals surface area contributed by atoms with E-state index in [1.165, 1.54) is 11.1 Å². The highest BCUT2D eigenvalue weighted by atomic mass is 35.5. The SMILES string of the molecule is Cc1cccc(OCc2cn3cc(Cl)ccc3n2)c1C. The van der Waals surface area contributed by atoms with Crippen LogP contribution >= 0.6 is 11.6 Å². The molecule has 20 heavy (non-hydrogen) atoms. The van der Waals surface area contributed by atoms with E-state index in [-0.39, 0.29) is 0 Å². The first-order valence-corrected chi connectivity index (χ1v) is 6.83. The van der Waals surface area contributed by atoms with E-state index in [9.17, 15) is 0 Å². The number of halogens is 1. The average Bonchev–Trinajstić information content (AvgIpc) is 2.82. The quantitative estimate of drug-likeness (QED) is 0.722. The number of rotatable bonds is 3. The largest absolute Gasteiger partial charge is 0.487 e. The Morgan fingerprint density at radius 1 is 1.15 bits per heavy atom. The Kier molecular flexibility index (Phi) is 3.36. The molecule has 1 aromatic carbocycles. The molecule has 0 saturated heterocycles. The van der Waals surface area contributed by atoms with Crippen LogP contribution in [0.1, 0.15) is 16.8 Å². The standard InChI is InChI=1S/C16H15ClN2O/c1-11-4-3-5-15(12(11)2)20-10-14-9-19-8-13(17)6-7-16(19)18-14/h3-9H,10H2,1-2H3. The molecule has 0 radical (unpaired) electrons. The van der Waals surface area contributed by atoms with Crippen LogP contribution in [-0.4, -0.2) is 9.38 Å². The maximum absolute atomic E-state index is 5.96. The number of fused-ring (bicyclic) bond motifs is 1. The maximum atomic E-state index is 5.96. The van der Waals surface area contributed by atoms with E-state index in [0.29, 0.717) is 11.6 Å². The number of pyridine rings is 1. The molecule has 0 saturated carbocycles. The van der Waals surface area contributed by atoms with Gasteiger partial charge in [0.05, 0.1) is 10.7 Å². The van der Waals surface area contributed by atoms with Crippen LogP contribution in [0.2, 0.25) is 5.02 Å². The van der Waals surface area contributed by atoms with Crippen LogP contribution in [0, 0.1) is 13.8 Å². The number of benzene rings is 1. The van der Waals surface area contributed by atoms with Crippen LogP contribution in [0.25, 0.3) is 5.65 Å². The fourth-order valence-corrected chi connectivity index (χ4v) is 2.29. The van der Waals surface area contributed by atoms with Gasteiger partial charge in [-0.2, -0.15) is 0 Å². The summed E-state index contributed by atoms with van der Waals surface area (Å²) in [5, 5.41) is 0.692. The van der Waals surface area contributed by atoms with Crippen LogP contribution in [0.4, 0.5) is 0 Å². The van der Waals surface area contributed by atoms with Gasteiger partial charge in [-0.3, -0.25) is 0 Å². The van der Waals surface area contributed by atoms with Crippen molar-refractivity contribution in [2.24, 2.45) is 0 Å². The van der Waals surface area contributed by atoms with Gasteiger partial charge in [-0.05, 0) is 43.2 Å². The molecular weight excluding hydrogens is 272 g/mol. The molecule has 3 rings (SSSR count). The maximum Gasteiger partial charge on any atom is 0.137 e. The number of aryl methyl sites for hydroxylation is 1. The third-order valence-corrected chi connectivity index (χ3v) is 3.62. The molecule has 0 unspecified atom stereocenters. The zero-order valence-electron chi connectivity index (χ0n) is 11.4. The van der Waals surface area contributed by atoms with Crippen LogP contribution in [-0.2, 0) is 6.61 Å². The van der Waals surface area contributed by atoms with Gasteiger partial charge >= 0.3 is 0 Å². The van der Waals surface area contributed by atoms with Crippen LogP contribution in [0.3, 0.4) is 0 Å². The predicted octanol–water partition coefficient (Wildman–Crippen LogP) is 4.18. The second-order valence-corrected chi connectivity index (χ2v) is 5.27. The number of hydrogen-bond acceptors (Lipinski definition) is 2. The minimum absolute atomic E-state index is 0.448. The Hall–Kier alpha value is -2.00. The first-order valence-electron chi connectivity index (χ1n) is 6.45. The summed E-state index contributed by atoms with van der Waals surface area (Å²) in [6.45, 7) is 4.59. The van der Waals surface area contributed by atoms with Crippen molar-refractivity contribution in [3.05, 3.63) is 64.6 Å². The predicted molar refractivity (Wildman–Crippen MR) is 80.5 cm³/mol. The summed E-state index contributed by atoms with van der Waals surface area (Å²) in [5.41, 5.74) is 4.14. The Morgan fingerprint density at radius 3 is 2.85 bits per heavy atom. The van der Waals surface area contributed by atoms with E-state index in [1.807, 2.05) is 41.1 Å². The Balaban J connectivity index is 1.81. The van der Waals surface area contributed by atoms with E-state index < -0.39 is 0 Å². The fraction of sp³-hybridized carbons (Fsp3) is 0.188. The van der Waals surface area contributed by atoms with Crippen molar-refractivity contribution in [3.63, 3.8) is 0 Å². The highest BCUT2D eigenvalue weighted by molar-refractivity contribution is 6.30. The number of imidazole rings is 1. The van der Waals surface area contributed by atoms with Gasteiger partial charge in [0, 0.05) is 12.4 Å². The summed E-state index contributed by atoms with van der Waals surface area (Å²) in [6, 6.07) is 9.79. The Bertz CT molecular complexity index is 764. The minimum atomic E-state index is 0.448. The normalized spacial score (nSPS) is 10.9. The van der Waals surface area contributed by atoms with Gasteiger partial charge in [0.2, 0.25) is 0 Å². The van der Waals surface area contributed by atoms with Crippen molar-refractivity contribution in [2.45, 2.75) is 20.5 Å². The number of aromatic nitrogens is 2. The highest BCUT2D eigenvalue weighted by Crippen LogP contribution is 2.21. The van der Waals surface area contributed by atoms with E-state index >= 15 is 0 Å². The van der Waals surface area contributed by atoms with Crippen molar-refractivity contribution < 1.29 is 4.74 Å². The van der Waals surface area contributed by atoms with Crippen LogP contribution < -0.4 is 4.74 Å². The molecular formula is C16H15ClN2O. The van der Waals surface area contributed by atoms with Gasteiger partial charge in [-0.1, -0.05) is 23.7 Å². The van der Waals surface area contributed by atoms with Gasteiger partial charge in [0.1, 0.15) is 18.0 Å². The Morgan fingerprint density at radius 2 is 2.00 bits per heavy atom. The molecule has 0 aliphatic rings. The smallest absolute Gasteiger partial charge is 0.137 e. The summed E-state index contributed by atoms with van der Waals surface area (Å²) in [6.07, 6.45) is 3.78. The monoisotopic (exact) mass is 286 g/mol. The van der Waals surface area contributed by atoms with E-state index in [2.05, 4.69) is 24.9 Å². The molecule has 0 fully saturated rings. The molecule has 0 atom stereocenters. The molecule has 0 spiro atoms. The zero-order valence-corrected chi connectivity index (χ0v) is 12.2. The zero-order chi connectivity index (χ0) is 14.1. The van der Waals surface area contributed by atoms with Gasteiger partial charge < -0.3 is 9.14 Å². The summed E-state index contributed by atoms with van der Waals surface area (Å²) >= 11 is 5.96. The third kappa shape index (κ3) is 2.49. The molecule has 2 aromatic heterocycles. The third-order valence-electron chi connectivity index (χ3n) is 3.40. The van der Waals surface area contributed by atoms with Crippen molar-refractivity contribution in [1.29, 1.82) is 0 Å². The molecule has 0 amide bonds. The molecule has 0 bridgehead atoms. The first-order chi connectivity index (χ1) is 9.63. The number of ether oxygens (including phenoxy) is 1. The van der Waals surface area contributed by atoms with Crippen molar-refractivity contribution in [3.8, 4) is 5.75 Å². The molecule has 2 heterocycles. The molecule has 0 N–H and O–H groups in total. The second-order valence-electron chi connectivity index (χ2n) is 4.83. The first kappa shape index (κ1) is 13.0. The van der Waals surface area contributed by atoms with Crippen molar-refractivity contribution in [1.82, 2.24) is 9.38 Å². The summed E-state index contributed by atoms with van der Waals surface area (Å²) in [4.78, 5) is 4.50. The van der Waals surface area contributed by atoms with Crippen LogP contribution in [0.5, 0.6) is 5.75 Å². The lowest BCUT2D eigenvalue weighted by Crippen LogP contribution is -1.98. The van der Waals surface area contributed by atoms with Crippen LogP contribution in [0.15, 0.2) is 42.7 Å². The van der Waals surface area contributed by atoms with Gasteiger partial charge in [0.15, 0.2) is 0 Å². The molecule has 4 heteroatoms. The molecule has 3 aromatic rings. The lowest BCUT2D eigenvalue weighted by Gasteiger charge is -2.09. The minimum Gasteiger partial charge on any atom is -0.487 e. The van der Waals surface area contributed by atoms with Gasteiger partial charge in [-0.25, -0.2) is 4.98 Å². The topological polar surface area (TPSA) is 26.5 Å². The number of hydrogen-bond donors (Lipinski definition) is 0. The molecule has 3 nitrogen and oxygen atoms in total. The second kappa shape index (κ2) is 5.17. The lowest BCUT2D eigenvalue weighted by molar-refractivity contribution is 0.300. The van der Waals surface area contributed by atoms with E-state index in [1.54, 1.807) is 0 Å². The van der Waals surface area contributed by atoms with Gasteiger partial charge in [-0.15, -0.1) is 0 Å². The number of nitrogens with zero attached hydrogens (tertiary/aromatic N) is 2. The Labute approximate surface area is 122 Å². The van der Waals surface area contributed by atoms with Crippen molar-refractivity contribution in [2.75, 3.05) is 0 Å². The molecule has 102 valence electrons. The fourth-order valence-electron chi connectivity index (χ4n) is 2.12. The van der Waals surface area contributed by atoms with E-state index in [0.717, 1.165) is 17.1 Å². The molecule has 0 aliphatic heterocycles. The average molecular weight is 287 g/mol. The highest BCUT2D eigenvalue weighted by Gasteiger charge is 2.05. The summed E-state index contributed by atoms with van der Waals surface area (Å²) in [7, 11) is 0. The summed E-state index contributed by atoms with van der Waals surface area (Å²) in [5.74, 6) is 0.903. The van der Waals surface area contributed by atoms with Crippen molar-refractivity contribution >= 4 is 17.2 Å². The lowest BCUT2D eigenvalue weighted by atomic mass is 10.1. The van der Waals surface area contributed by atoms with Gasteiger partial charge in [0.25, 0.3) is 0 Å².